The molecule has 0 aliphatic rings. The number of ether oxygens (including phenoxy) is 1. The predicted molar refractivity (Wildman–Crippen MR) is 146 cm³/mol. The van der Waals surface area contributed by atoms with Crippen LogP contribution in [0.15, 0.2) is 77.9 Å². The highest BCUT2D eigenvalue weighted by Gasteiger charge is 2.21. The van der Waals surface area contributed by atoms with E-state index in [1.54, 1.807) is 13.3 Å². The van der Waals surface area contributed by atoms with Crippen molar-refractivity contribution in [2.24, 2.45) is 5.10 Å². The number of rotatable bonds is 12. The zero-order chi connectivity index (χ0) is 25.0. The topological polar surface area (TPSA) is 53.9 Å². The molecule has 1 amide bonds. The SMILES string of the molecule is COc1ccc(C[C@@H](C(=O)N/N=C\c2ccc(N(CCCl)CCCl)cc2C)c2ccccc2)cc1. The van der Waals surface area contributed by atoms with Gasteiger partial charge < -0.3 is 9.64 Å². The van der Waals surface area contributed by atoms with Gasteiger partial charge >= 0.3 is 0 Å². The highest BCUT2D eigenvalue weighted by atomic mass is 35.5. The first kappa shape index (κ1) is 26.6. The number of carbonyl (C=O) groups excluding carboxylic acids is 1. The van der Waals surface area contributed by atoms with Gasteiger partial charge in [-0.25, -0.2) is 5.43 Å². The van der Waals surface area contributed by atoms with Crippen molar-refractivity contribution >= 4 is 41.0 Å². The predicted octanol–water partition coefficient (Wildman–Crippen LogP) is 5.76. The molecule has 0 heterocycles. The lowest BCUT2D eigenvalue weighted by Crippen LogP contribution is -2.27. The van der Waals surface area contributed by atoms with Gasteiger partial charge in [0.2, 0.25) is 5.91 Å². The van der Waals surface area contributed by atoms with Gasteiger partial charge in [0.1, 0.15) is 5.75 Å². The van der Waals surface area contributed by atoms with Gasteiger partial charge in [-0.15, -0.1) is 23.2 Å². The summed E-state index contributed by atoms with van der Waals surface area (Å²) in [5.74, 6) is 1.32. The van der Waals surface area contributed by atoms with Gasteiger partial charge in [0.25, 0.3) is 0 Å². The second-order valence-electron chi connectivity index (χ2n) is 8.16. The quantitative estimate of drug-likeness (QED) is 0.191. The molecule has 1 atom stereocenters. The Labute approximate surface area is 217 Å². The van der Waals surface area contributed by atoms with E-state index in [-0.39, 0.29) is 11.8 Å². The number of hydrogen-bond acceptors (Lipinski definition) is 4. The number of anilines is 1. The lowest BCUT2D eigenvalue weighted by molar-refractivity contribution is -0.122. The number of nitrogens with one attached hydrogen (secondary N) is 1. The van der Waals surface area contributed by atoms with Gasteiger partial charge in [0.05, 0.1) is 19.2 Å². The van der Waals surface area contributed by atoms with Crippen molar-refractivity contribution < 1.29 is 9.53 Å². The number of carbonyl (C=O) groups is 1. The summed E-state index contributed by atoms with van der Waals surface area (Å²) >= 11 is 11.9. The summed E-state index contributed by atoms with van der Waals surface area (Å²) in [6.45, 7) is 3.47. The number of aryl methyl sites for hydroxylation is 1. The van der Waals surface area contributed by atoms with E-state index in [1.807, 2.05) is 73.7 Å². The van der Waals surface area contributed by atoms with Crippen LogP contribution in [0.4, 0.5) is 5.69 Å². The van der Waals surface area contributed by atoms with Crippen LogP contribution in [0, 0.1) is 6.92 Å². The number of hydrazone groups is 1. The number of benzene rings is 3. The lowest BCUT2D eigenvalue weighted by atomic mass is 9.91. The molecule has 184 valence electrons. The minimum absolute atomic E-state index is 0.159. The summed E-state index contributed by atoms with van der Waals surface area (Å²) in [5, 5.41) is 4.26. The smallest absolute Gasteiger partial charge is 0.247 e. The first-order valence-corrected chi connectivity index (χ1v) is 12.6. The molecule has 3 aromatic carbocycles. The third-order valence-corrected chi connectivity index (χ3v) is 6.16. The number of alkyl halides is 2. The maximum atomic E-state index is 13.2. The molecule has 0 aliphatic carbocycles. The summed E-state index contributed by atoms with van der Waals surface area (Å²) in [4.78, 5) is 15.3. The van der Waals surface area contributed by atoms with Crippen LogP contribution in [-0.2, 0) is 11.2 Å². The van der Waals surface area contributed by atoms with E-state index in [0.717, 1.165) is 46.8 Å². The molecule has 5 nitrogen and oxygen atoms in total. The fourth-order valence-electron chi connectivity index (χ4n) is 3.86. The third kappa shape index (κ3) is 7.74. The van der Waals surface area contributed by atoms with Crippen molar-refractivity contribution in [3.63, 3.8) is 0 Å². The summed E-state index contributed by atoms with van der Waals surface area (Å²) in [7, 11) is 1.64. The second kappa shape index (κ2) is 13.8. The van der Waals surface area contributed by atoms with Gasteiger partial charge in [0, 0.05) is 30.5 Å². The Morgan fingerprint density at radius 2 is 1.71 bits per heavy atom. The van der Waals surface area contributed by atoms with Crippen LogP contribution < -0.4 is 15.1 Å². The Kier molecular flexibility index (Phi) is 10.5. The maximum absolute atomic E-state index is 13.2. The lowest BCUT2D eigenvalue weighted by Gasteiger charge is -2.23. The highest BCUT2D eigenvalue weighted by molar-refractivity contribution is 6.18. The fraction of sp³-hybridized carbons (Fsp3) is 0.286. The highest BCUT2D eigenvalue weighted by Crippen LogP contribution is 2.23. The van der Waals surface area contributed by atoms with Gasteiger partial charge in [-0.05, 0) is 59.9 Å². The van der Waals surface area contributed by atoms with Crippen LogP contribution in [0.2, 0.25) is 0 Å². The Bertz CT molecular complexity index is 1100. The van der Waals surface area contributed by atoms with E-state index in [1.165, 1.54) is 0 Å². The van der Waals surface area contributed by atoms with E-state index >= 15 is 0 Å². The number of hydrogen-bond donors (Lipinski definition) is 1. The van der Waals surface area contributed by atoms with E-state index in [0.29, 0.717) is 18.2 Å². The van der Waals surface area contributed by atoms with Gasteiger partial charge in [-0.2, -0.15) is 5.10 Å². The fourth-order valence-corrected chi connectivity index (χ4v) is 4.27. The summed E-state index contributed by atoms with van der Waals surface area (Å²) < 4.78 is 5.24. The molecule has 0 saturated carbocycles. The molecular weight excluding hydrogens is 481 g/mol. The number of halogens is 2. The molecular formula is C28H31Cl2N3O2. The molecule has 3 rings (SSSR count). The molecule has 0 aliphatic heterocycles. The van der Waals surface area contributed by atoms with Crippen molar-refractivity contribution in [2.75, 3.05) is 36.9 Å². The summed E-state index contributed by atoms with van der Waals surface area (Å²) in [5.41, 5.74) is 7.76. The van der Waals surface area contributed by atoms with Gasteiger partial charge in [-0.1, -0.05) is 48.5 Å². The molecule has 0 unspecified atom stereocenters. The zero-order valence-corrected chi connectivity index (χ0v) is 21.6. The Balaban J connectivity index is 1.72. The number of methoxy groups -OCH3 is 1. The van der Waals surface area contributed by atoms with Crippen LogP contribution in [-0.4, -0.2) is 44.1 Å². The van der Waals surface area contributed by atoms with Crippen LogP contribution >= 0.6 is 23.2 Å². The standard InChI is InChI=1S/C28H31Cl2N3O2/c1-21-18-25(33(16-14-29)17-15-30)11-10-24(21)20-31-32-28(34)27(23-6-4-3-5-7-23)19-22-8-12-26(35-2)13-9-22/h3-13,18,20,27H,14-17,19H2,1-2H3,(H,32,34)/b31-20-/t27-/m1/s1. The zero-order valence-electron chi connectivity index (χ0n) is 20.1. The van der Waals surface area contributed by atoms with Crippen LogP contribution in [0.25, 0.3) is 0 Å². The second-order valence-corrected chi connectivity index (χ2v) is 8.91. The largest absolute Gasteiger partial charge is 0.497 e. The Hall–Kier alpha value is -3.02. The Morgan fingerprint density at radius 3 is 2.31 bits per heavy atom. The first-order valence-electron chi connectivity index (χ1n) is 11.5. The molecule has 1 N–H and O–H groups in total. The number of amides is 1. The summed E-state index contributed by atoms with van der Waals surface area (Å²) in [6, 6.07) is 23.6. The molecule has 35 heavy (non-hydrogen) atoms. The summed E-state index contributed by atoms with van der Waals surface area (Å²) in [6.07, 6.45) is 2.24. The normalized spacial score (nSPS) is 11.9. The van der Waals surface area contributed by atoms with E-state index < -0.39 is 0 Å². The van der Waals surface area contributed by atoms with Crippen molar-refractivity contribution in [2.45, 2.75) is 19.3 Å². The average molecular weight is 512 g/mol. The van der Waals surface area contributed by atoms with Crippen molar-refractivity contribution in [1.29, 1.82) is 0 Å². The molecule has 0 bridgehead atoms. The van der Waals surface area contributed by atoms with Crippen molar-refractivity contribution in [3.05, 3.63) is 95.1 Å². The van der Waals surface area contributed by atoms with Gasteiger partial charge in [0.15, 0.2) is 0 Å². The van der Waals surface area contributed by atoms with Crippen molar-refractivity contribution in [3.8, 4) is 5.75 Å². The average Bonchev–Trinajstić information content (AvgIpc) is 2.89. The monoisotopic (exact) mass is 511 g/mol. The number of nitrogens with zero attached hydrogens (tertiary/aromatic N) is 2. The minimum atomic E-state index is -0.370. The molecule has 3 aromatic rings. The maximum Gasteiger partial charge on any atom is 0.247 e. The first-order chi connectivity index (χ1) is 17.0. The minimum Gasteiger partial charge on any atom is -0.497 e. The molecule has 0 radical (unpaired) electrons. The third-order valence-electron chi connectivity index (χ3n) is 5.82. The van der Waals surface area contributed by atoms with E-state index in [4.69, 9.17) is 27.9 Å². The van der Waals surface area contributed by atoms with Crippen LogP contribution in [0.5, 0.6) is 5.75 Å². The van der Waals surface area contributed by atoms with E-state index in [9.17, 15) is 4.79 Å². The molecule has 7 heteroatoms. The molecule has 0 aromatic heterocycles. The van der Waals surface area contributed by atoms with E-state index in [2.05, 4.69) is 21.5 Å². The van der Waals surface area contributed by atoms with Crippen LogP contribution in [0.1, 0.15) is 28.2 Å². The molecule has 0 spiro atoms. The Morgan fingerprint density at radius 1 is 1.03 bits per heavy atom. The molecule has 0 saturated heterocycles. The van der Waals surface area contributed by atoms with Crippen molar-refractivity contribution in [1.82, 2.24) is 5.43 Å². The van der Waals surface area contributed by atoms with Gasteiger partial charge in [-0.3, -0.25) is 4.79 Å². The van der Waals surface area contributed by atoms with Crippen LogP contribution in [0.3, 0.4) is 0 Å². The molecule has 0 fully saturated rings.